The van der Waals surface area contributed by atoms with Crippen molar-refractivity contribution in [2.75, 3.05) is 5.32 Å². The second-order valence-electron chi connectivity index (χ2n) is 4.57. The Labute approximate surface area is 90.7 Å². The molecule has 0 bridgehead atoms. The smallest absolute Gasteiger partial charge is 0.229 e. The normalized spacial score (nSPS) is 11.2. The zero-order valence-corrected chi connectivity index (χ0v) is 9.50. The minimum atomic E-state index is -0.387. The van der Waals surface area contributed by atoms with Crippen molar-refractivity contribution in [2.24, 2.45) is 11.1 Å². The summed E-state index contributed by atoms with van der Waals surface area (Å²) in [7, 11) is 0. The molecule has 0 spiro atoms. The Kier molecular flexibility index (Phi) is 3.48. The van der Waals surface area contributed by atoms with E-state index in [1.807, 2.05) is 45.0 Å². The van der Waals surface area contributed by atoms with Gasteiger partial charge in [-0.3, -0.25) is 4.79 Å². The third-order valence-electron chi connectivity index (χ3n) is 2.17. The highest BCUT2D eigenvalue weighted by Gasteiger charge is 2.21. The number of para-hydroxylation sites is 1. The van der Waals surface area contributed by atoms with Crippen molar-refractivity contribution in [1.82, 2.24) is 0 Å². The number of nitrogens with one attached hydrogen (secondary N) is 1. The van der Waals surface area contributed by atoms with Gasteiger partial charge in [0.2, 0.25) is 5.91 Å². The molecule has 15 heavy (non-hydrogen) atoms. The molecule has 0 saturated carbocycles. The molecule has 0 heterocycles. The van der Waals surface area contributed by atoms with Crippen molar-refractivity contribution in [1.29, 1.82) is 0 Å². The molecule has 3 N–H and O–H groups in total. The van der Waals surface area contributed by atoms with Crippen molar-refractivity contribution in [3.63, 3.8) is 0 Å². The van der Waals surface area contributed by atoms with Gasteiger partial charge in [0.1, 0.15) is 0 Å². The molecule has 0 unspecified atom stereocenters. The molecule has 0 fully saturated rings. The average molecular weight is 206 g/mol. The van der Waals surface area contributed by atoms with Crippen molar-refractivity contribution >= 4 is 11.6 Å². The topological polar surface area (TPSA) is 55.1 Å². The molecule has 0 aromatic heterocycles. The van der Waals surface area contributed by atoms with Crippen LogP contribution in [0.25, 0.3) is 0 Å². The second kappa shape index (κ2) is 4.45. The molecular weight excluding hydrogens is 188 g/mol. The second-order valence-corrected chi connectivity index (χ2v) is 4.57. The molecule has 82 valence electrons. The van der Waals surface area contributed by atoms with E-state index in [9.17, 15) is 4.79 Å². The molecule has 0 aliphatic rings. The van der Waals surface area contributed by atoms with Crippen LogP contribution in [-0.2, 0) is 11.3 Å². The van der Waals surface area contributed by atoms with Crippen LogP contribution in [-0.4, -0.2) is 5.91 Å². The highest BCUT2D eigenvalue weighted by molar-refractivity contribution is 5.95. The van der Waals surface area contributed by atoms with Gasteiger partial charge in [-0.2, -0.15) is 0 Å². The largest absolute Gasteiger partial charge is 0.326 e. The number of hydrogen-bond acceptors (Lipinski definition) is 2. The SMILES string of the molecule is CC(C)(C)C(=O)Nc1ccccc1CN. The van der Waals surface area contributed by atoms with Crippen molar-refractivity contribution < 1.29 is 4.79 Å². The van der Waals surface area contributed by atoms with Crippen LogP contribution in [0.15, 0.2) is 24.3 Å². The fraction of sp³-hybridized carbons (Fsp3) is 0.417. The van der Waals surface area contributed by atoms with Crippen molar-refractivity contribution in [3.8, 4) is 0 Å². The van der Waals surface area contributed by atoms with E-state index in [0.29, 0.717) is 6.54 Å². The molecular formula is C12H18N2O. The lowest BCUT2D eigenvalue weighted by Gasteiger charge is -2.19. The van der Waals surface area contributed by atoms with Gasteiger partial charge in [-0.1, -0.05) is 39.0 Å². The lowest BCUT2D eigenvalue weighted by Crippen LogP contribution is -2.28. The highest BCUT2D eigenvalue weighted by atomic mass is 16.2. The third kappa shape index (κ3) is 3.06. The summed E-state index contributed by atoms with van der Waals surface area (Å²) in [5.41, 5.74) is 6.96. The van der Waals surface area contributed by atoms with Gasteiger partial charge in [0.05, 0.1) is 0 Å². The fourth-order valence-electron chi connectivity index (χ4n) is 1.13. The van der Waals surface area contributed by atoms with Gasteiger partial charge >= 0.3 is 0 Å². The number of hydrogen-bond donors (Lipinski definition) is 2. The summed E-state index contributed by atoms with van der Waals surface area (Å²) >= 11 is 0. The number of carbonyl (C=O) groups excluding carboxylic acids is 1. The van der Waals surface area contributed by atoms with Crippen molar-refractivity contribution in [3.05, 3.63) is 29.8 Å². The average Bonchev–Trinajstić information content (AvgIpc) is 2.17. The summed E-state index contributed by atoms with van der Waals surface area (Å²) in [6.07, 6.45) is 0. The zero-order valence-electron chi connectivity index (χ0n) is 9.50. The van der Waals surface area contributed by atoms with E-state index in [2.05, 4.69) is 5.32 Å². The number of rotatable bonds is 2. The maximum absolute atomic E-state index is 11.8. The number of benzene rings is 1. The van der Waals surface area contributed by atoms with Gasteiger partial charge in [-0.05, 0) is 11.6 Å². The summed E-state index contributed by atoms with van der Waals surface area (Å²) in [5.74, 6) is 0.00315. The van der Waals surface area contributed by atoms with E-state index < -0.39 is 0 Å². The van der Waals surface area contributed by atoms with E-state index in [0.717, 1.165) is 11.3 Å². The van der Waals surface area contributed by atoms with Crippen LogP contribution < -0.4 is 11.1 Å². The van der Waals surface area contributed by atoms with E-state index in [1.165, 1.54) is 0 Å². The Bertz CT molecular complexity index is 353. The zero-order chi connectivity index (χ0) is 11.5. The van der Waals surface area contributed by atoms with Crippen LogP contribution in [0.5, 0.6) is 0 Å². The Balaban J connectivity index is 2.85. The van der Waals surface area contributed by atoms with Gasteiger partial charge in [0.25, 0.3) is 0 Å². The molecule has 1 aromatic carbocycles. The van der Waals surface area contributed by atoms with Crippen LogP contribution in [0.4, 0.5) is 5.69 Å². The molecule has 1 rings (SSSR count). The summed E-state index contributed by atoms with van der Waals surface area (Å²) in [6, 6.07) is 7.58. The maximum atomic E-state index is 11.8. The van der Waals surface area contributed by atoms with Crippen LogP contribution in [0.1, 0.15) is 26.3 Å². The van der Waals surface area contributed by atoms with Gasteiger partial charge in [-0.25, -0.2) is 0 Å². The van der Waals surface area contributed by atoms with Gasteiger partial charge < -0.3 is 11.1 Å². The summed E-state index contributed by atoms with van der Waals surface area (Å²) < 4.78 is 0. The summed E-state index contributed by atoms with van der Waals surface area (Å²) in [5, 5.41) is 2.88. The van der Waals surface area contributed by atoms with E-state index in [4.69, 9.17) is 5.73 Å². The predicted molar refractivity (Wildman–Crippen MR) is 62.4 cm³/mol. The monoisotopic (exact) mass is 206 g/mol. The fourth-order valence-corrected chi connectivity index (χ4v) is 1.13. The molecule has 1 amide bonds. The van der Waals surface area contributed by atoms with Crippen LogP contribution >= 0.6 is 0 Å². The molecule has 0 radical (unpaired) electrons. The highest BCUT2D eigenvalue weighted by Crippen LogP contribution is 2.19. The Hall–Kier alpha value is -1.35. The molecule has 0 saturated heterocycles. The maximum Gasteiger partial charge on any atom is 0.229 e. The van der Waals surface area contributed by atoms with Gasteiger partial charge in [0.15, 0.2) is 0 Å². The summed E-state index contributed by atoms with van der Waals surface area (Å²) in [4.78, 5) is 11.8. The van der Waals surface area contributed by atoms with Gasteiger partial charge in [-0.15, -0.1) is 0 Å². The predicted octanol–water partition coefficient (Wildman–Crippen LogP) is 2.13. The molecule has 3 heteroatoms. The Morgan fingerprint density at radius 1 is 1.33 bits per heavy atom. The van der Waals surface area contributed by atoms with E-state index >= 15 is 0 Å². The van der Waals surface area contributed by atoms with Gasteiger partial charge in [0, 0.05) is 17.6 Å². The standard InChI is InChI=1S/C12H18N2O/c1-12(2,3)11(15)14-10-7-5-4-6-9(10)8-13/h4-7H,8,13H2,1-3H3,(H,14,15). The van der Waals surface area contributed by atoms with Crippen LogP contribution in [0.3, 0.4) is 0 Å². The van der Waals surface area contributed by atoms with Crippen molar-refractivity contribution in [2.45, 2.75) is 27.3 Å². The minimum Gasteiger partial charge on any atom is -0.326 e. The summed E-state index contributed by atoms with van der Waals surface area (Å²) in [6.45, 7) is 6.08. The van der Waals surface area contributed by atoms with E-state index in [-0.39, 0.29) is 11.3 Å². The molecule has 3 nitrogen and oxygen atoms in total. The number of carbonyl (C=O) groups is 1. The van der Waals surface area contributed by atoms with Crippen LogP contribution in [0.2, 0.25) is 0 Å². The first-order valence-corrected chi connectivity index (χ1v) is 5.04. The lowest BCUT2D eigenvalue weighted by molar-refractivity contribution is -0.123. The number of nitrogens with two attached hydrogens (primary N) is 1. The lowest BCUT2D eigenvalue weighted by atomic mass is 9.95. The first-order valence-electron chi connectivity index (χ1n) is 5.04. The number of anilines is 1. The first kappa shape index (κ1) is 11.7. The van der Waals surface area contributed by atoms with Crippen LogP contribution in [0, 0.1) is 5.41 Å². The molecule has 1 aromatic rings. The quantitative estimate of drug-likeness (QED) is 0.778. The minimum absolute atomic E-state index is 0.00315. The molecule has 0 aliphatic heterocycles. The Morgan fingerprint density at radius 3 is 2.47 bits per heavy atom. The van der Waals surface area contributed by atoms with E-state index in [1.54, 1.807) is 0 Å². The molecule has 0 aliphatic carbocycles. The number of amides is 1. The first-order chi connectivity index (χ1) is 6.95. The molecule has 0 atom stereocenters. The third-order valence-corrected chi connectivity index (χ3v) is 2.17. The Morgan fingerprint density at radius 2 is 1.93 bits per heavy atom.